The van der Waals surface area contributed by atoms with Crippen LogP contribution in [0, 0.1) is 19.7 Å². The number of aromatic nitrogens is 2. The molecule has 1 aliphatic heterocycles. The van der Waals surface area contributed by atoms with Gasteiger partial charge in [-0.05, 0) is 79.6 Å². The molecule has 2 heterocycles. The van der Waals surface area contributed by atoms with Crippen molar-refractivity contribution in [2.75, 3.05) is 45.9 Å². The summed E-state index contributed by atoms with van der Waals surface area (Å²) in [5.41, 5.74) is 2.55. The van der Waals surface area contributed by atoms with E-state index in [1.807, 2.05) is 28.6 Å². The van der Waals surface area contributed by atoms with Crippen LogP contribution in [-0.2, 0) is 36.6 Å². The number of nitrogens with one attached hydrogen (secondary N) is 3. The molecule has 0 aliphatic carbocycles. The number of carboxylic acids is 1. The fraction of sp³-hybridized carbons (Fsp3) is 0.389. The quantitative estimate of drug-likeness (QED) is 0.0349. The van der Waals surface area contributed by atoms with Crippen LogP contribution in [0.3, 0.4) is 0 Å². The number of piperidine rings is 1. The van der Waals surface area contributed by atoms with Crippen molar-refractivity contribution in [3.63, 3.8) is 0 Å². The molecule has 1 aromatic heterocycles. The molecule has 0 radical (unpaired) electrons. The number of H-pyrrole nitrogens is 1. The molecule has 72 heavy (non-hydrogen) atoms. The van der Waals surface area contributed by atoms with Crippen molar-refractivity contribution >= 4 is 51.7 Å². The third-order valence-corrected chi connectivity index (χ3v) is 13.7. The van der Waals surface area contributed by atoms with Crippen molar-refractivity contribution < 1.29 is 61.3 Å². The van der Waals surface area contributed by atoms with E-state index < -0.39 is 35.2 Å². The predicted octanol–water partition coefficient (Wildman–Crippen LogP) is 4.41. The minimum absolute atomic E-state index is 0. The van der Waals surface area contributed by atoms with Gasteiger partial charge in [-0.2, -0.15) is 11.2 Å². The summed E-state index contributed by atoms with van der Waals surface area (Å²) in [6.45, 7) is 10.2. The van der Waals surface area contributed by atoms with Gasteiger partial charge in [0.25, 0.3) is 11.5 Å². The molecule has 15 nitrogen and oxygen atoms in total. The zero-order chi connectivity index (χ0) is 51.0. The molecule has 1 aliphatic rings. The first-order valence-electron chi connectivity index (χ1n) is 24.2. The number of nitrogens with zero attached hydrogens (tertiary/aromatic N) is 3. The Morgan fingerprint density at radius 3 is 2.10 bits per heavy atom. The van der Waals surface area contributed by atoms with Gasteiger partial charge in [0.15, 0.2) is 0 Å². The van der Waals surface area contributed by atoms with E-state index >= 15 is 0 Å². The van der Waals surface area contributed by atoms with Crippen LogP contribution >= 0.6 is 0 Å². The van der Waals surface area contributed by atoms with Gasteiger partial charge in [-0.1, -0.05) is 86.6 Å². The Bertz CT molecular complexity index is 2610. The molecule has 0 bridgehead atoms. The SMILES string of the molecule is O=[C-]c1cc(Cc2n[nH]c(=O)c3ccccc23)ccc1F.[CH2-]CN(C[CH2-])C(=O)CCCCCCCCCCC(=O)NCCOc1ccc(C2CCN(S(=O)c3ccc(C(=O)NCC(=O)O)cc3)CC2)cc1.[Li+]. The van der Waals surface area contributed by atoms with Crippen molar-refractivity contribution in [3.05, 3.63) is 149 Å². The predicted molar refractivity (Wildman–Crippen MR) is 271 cm³/mol. The number of amides is 3. The molecule has 0 spiro atoms. The van der Waals surface area contributed by atoms with Crippen LogP contribution in [-0.4, -0.2) is 105 Å². The number of halogens is 1. The van der Waals surface area contributed by atoms with Gasteiger partial charge >= 0.3 is 24.8 Å². The smallest absolute Gasteiger partial charge is 0.492 e. The molecule has 3 amide bonds. The molecule has 18 heteroatoms. The van der Waals surface area contributed by atoms with Gasteiger partial charge < -0.3 is 44.0 Å². The third kappa shape index (κ3) is 18.9. The summed E-state index contributed by atoms with van der Waals surface area (Å²) in [6.07, 6.45) is 13.3. The Labute approximate surface area is 435 Å². The standard InChI is InChI=1S/C38H54N4O7S.C16H10FN2O2.Li/c1-3-41(4-2)36(44)14-12-10-8-6-5-7-9-11-13-35(43)39-25-28-49-33-19-15-30(16-20-33)31-23-26-42(27-24-31)50(48)34-21-17-32(18-22-34)38(47)40-29-37(45)46;17-14-6-5-10(7-11(14)9-20)8-15-12-3-1-2-4-13(12)16(21)19-18-15;/h15-22,31H,1-14,23-29H2,(H,39,43)(H,40,47)(H,45,46);1-7H,8H2,(H,19,21);/q-2;-1;+1. The molecular weight excluding hydrogens is 935 g/mol. The van der Waals surface area contributed by atoms with Gasteiger partial charge in [-0.25, -0.2) is 13.6 Å². The number of hydrogen-bond donors (Lipinski definition) is 4. The topological polar surface area (TPSA) is 208 Å². The largest absolute Gasteiger partial charge is 1.00 e. The molecule has 1 atom stereocenters. The number of rotatable bonds is 26. The molecule has 5 aromatic rings. The second kappa shape index (κ2) is 31.5. The number of hydrogen-bond acceptors (Lipinski definition) is 9. The zero-order valence-electron chi connectivity index (χ0n) is 41.1. The maximum Gasteiger partial charge on any atom is 1.00 e. The summed E-state index contributed by atoms with van der Waals surface area (Å²) >= 11 is 0. The van der Waals surface area contributed by atoms with Gasteiger partial charge in [-0.3, -0.25) is 28.4 Å². The van der Waals surface area contributed by atoms with E-state index in [1.165, 1.54) is 17.7 Å². The van der Waals surface area contributed by atoms with Crippen molar-refractivity contribution in [2.45, 2.75) is 94.3 Å². The van der Waals surface area contributed by atoms with E-state index in [0.29, 0.717) is 86.1 Å². The van der Waals surface area contributed by atoms with Crippen LogP contribution in [0.5, 0.6) is 5.75 Å². The molecule has 6 rings (SSSR count). The van der Waals surface area contributed by atoms with Crippen molar-refractivity contribution in [1.82, 2.24) is 30.0 Å². The monoisotopic (exact) mass is 998 g/mol. The number of carbonyl (C=O) groups excluding carboxylic acids is 4. The van der Waals surface area contributed by atoms with Gasteiger partial charge in [-0.15, -0.1) is 18.7 Å². The normalized spacial score (nSPS) is 12.9. The summed E-state index contributed by atoms with van der Waals surface area (Å²) in [5.74, 6) is -0.898. The van der Waals surface area contributed by atoms with Crippen molar-refractivity contribution in [2.24, 2.45) is 0 Å². The average molecular weight is 999 g/mol. The summed E-state index contributed by atoms with van der Waals surface area (Å²) in [5, 5.41) is 21.8. The molecule has 1 saturated heterocycles. The number of carbonyl (C=O) groups is 4. The first-order valence-corrected chi connectivity index (χ1v) is 25.3. The van der Waals surface area contributed by atoms with E-state index in [9.17, 15) is 37.4 Å². The van der Waals surface area contributed by atoms with Crippen LogP contribution in [0.4, 0.5) is 4.39 Å². The van der Waals surface area contributed by atoms with E-state index in [1.54, 1.807) is 53.7 Å². The van der Waals surface area contributed by atoms with E-state index in [4.69, 9.17) is 9.84 Å². The second-order valence-corrected chi connectivity index (χ2v) is 18.7. The molecule has 0 saturated carbocycles. The van der Waals surface area contributed by atoms with Crippen LogP contribution in [0.25, 0.3) is 10.8 Å². The summed E-state index contributed by atoms with van der Waals surface area (Å²) in [7, 11) is -1.35. The van der Waals surface area contributed by atoms with Gasteiger partial charge in [0, 0.05) is 49.1 Å². The zero-order valence-corrected chi connectivity index (χ0v) is 42.0. The van der Waals surface area contributed by atoms with Crippen LogP contribution in [0.2, 0.25) is 0 Å². The number of carboxylic acid groups (broad SMARTS) is 1. The minimum atomic E-state index is -1.35. The molecule has 4 aromatic carbocycles. The number of unbranched alkanes of at least 4 members (excludes halogenated alkanes) is 7. The van der Waals surface area contributed by atoms with E-state index in [0.717, 1.165) is 80.9 Å². The second-order valence-electron chi connectivity index (χ2n) is 17.2. The number of aliphatic carboxylic acids is 1. The molecule has 1 fully saturated rings. The molecular formula is C54H64FLiN6O9S-2. The first kappa shape index (κ1) is 58.6. The van der Waals surface area contributed by atoms with Gasteiger partial charge in [0.05, 0.1) is 28.8 Å². The molecule has 380 valence electrons. The average Bonchev–Trinajstić information content (AvgIpc) is 3.39. The first-order chi connectivity index (χ1) is 34.4. The Morgan fingerprint density at radius 2 is 1.47 bits per heavy atom. The summed E-state index contributed by atoms with van der Waals surface area (Å²) in [6, 6.07) is 25.8. The maximum atomic E-state index is 13.3. The molecule has 1 unspecified atom stereocenters. The number of ether oxygens (including phenoxy) is 1. The summed E-state index contributed by atoms with van der Waals surface area (Å²) in [4.78, 5) is 71.5. The minimum Gasteiger partial charge on any atom is -0.492 e. The number of benzene rings is 4. The third-order valence-electron chi connectivity index (χ3n) is 12.2. The van der Waals surface area contributed by atoms with Gasteiger partial charge in [0.1, 0.15) is 29.9 Å². The van der Waals surface area contributed by atoms with Crippen molar-refractivity contribution in [3.8, 4) is 5.75 Å². The summed E-state index contributed by atoms with van der Waals surface area (Å²) < 4.78 is 34.2. The van der Waals surface area contributed by atoms with Crippen LogP contribution in [0.1, 0.15) is 116 Å². The number of aromatic amines is 1. The number of fused-ring (bicyclic) bond motifs is 1. The van der Waals surface area contributed by atoms with Crippen molar-refractivity contribution in [1.29, 1.82) is 0 Å². The van der Waals surface area contributed by atoms with Crippen LogP contribution in [0.15, 0.2) is 101 Å². The van der Waals surface area contributed by atoms with E-state index in [2.05, 4.69) is 46.8 Å². The van der Waals surface area contributed by atoms with Gasteiger partial charge in [0.2, 0.25) is 11.8 Å². The Kier molecular flexibility index (Phi) is 25.6. The Morgan fingerprint density at radius 1 is 0.847 bits per heavy atom. The fourth-order valence-electron chi connectivity index (χ4n) is 8.17. The fourth-order valence-corrected chi connectivity index (χ4v) is 9.38. The molecule has 4 N–H and O–H groups in total. The van der Waals surface area contributed by atoms with Crippen LogP contribution < -0.4 is 39.8 Å². The Balaban J connectivity index is 0.000000422. The Hall–Kier alpha value is -5.99. The van der Waals surface area contributed by atoms with E-state index in [-0.39, 0.29) is 41.8 Å². The maximum absolute atomic E-state index is 13.3.